The average Bonchev–Trinajstić information content (AvgIpc) is 2.35. The van der Waals surface area contributed by atoms with E-state index in [4.69, 9.17) is 5.11 Å². The molecule has 70 valence electrons. The molecule has 0 saturated heterocycles. The van der Waals surface area contributed by atoms with Crippen molar-refractivity contribution in [2.75, 3.05) is 0 Å². The Bertz CT molecular complexity index is 171. The Balaban J connectivity index is 2.65. The molecule has 0 spiro atoms. The Hall–Kier alpha value is -0.570. The number of aliphatic carboxylic acids is 1. The van der Waals surface area contributed by atoms with Crippen LogP contribution in [0, 0.1) is 0 Å². The second-order valence-electron chi connectivity index (χ2n) is 3.89. The molecule has 1 rings (SSSR count). The largest absolute Gasteiger partial charge is 0.480 e. The third-order valence-electron chi connectivity index (χ3n) is 2.43. The second kappa shape index (κ2) is 3.44. The summed E-state index contributed by atoms with van der Waals surface area (Å²) in [5, 5.41) is 12.2. The number of nitrogens with one attached hydrogen (secondary N) is 1. The van der Waals surface area contributed by atoms with E-state index in [-0.39, 0.29) is 6.04 Å². The van der Waals surface area contributed by atoms with Crippen LogP contribution >= 0.6 is 0 Å². The molecule has 1 aliphatic rings. The fraction of sp³-hybridized carbons (Fsp3) is 0.889. The molecule has 0 radical (unpaired) electrons. The molecule has 0 amide bonds. The zero-order valence-corrected chi connectivity index (χ0v) is 7.76. The molecule has 0 aromatic carbocycles. The van der Waals surface area contributed by atoms with Crippen molar-refractivity contribution in [1.82, 2.24) is 5.32 Å². The van der Waals surface area contributed by atoms with Gasteiger partial charge in [0.1, 0.15) is 5.54 Å². The van der Waals surface area contributed by atoms with Gasteiger partial charge in [0.2, 0.25) is 0 Å². The van der Waals surface area contributed by atoms with E-state index in [9.17, 15) is 4.79 Å². The van der Waals surface area contributed by atoms with Gasteiger partial charge in [-0.05, 0) is 26.7 Å². The zero-order valence-electron chi connectivity index (χ0n) is 7.76. The third-order valence-corrected chi connectivity index (χ3v) is 2.43. The second-order valence-corrected chi connectivity index (χ2v) is 3.89. The van der Waals surface area contributed by atoms with Gasteiger partial charge in [-0.15, -0.1) is 0 Å². The minimum atomic E-state index is -0.686. The summed E-state index contributed by atoms with van der Waals surface area (Å²) in [5.41, 5.74) is -0.617. The number of hydrogen-bond acceptors (Lipinski definition) is 2. The monoisotopic (exact) mass is 171 g/mol. The van der Waals surface area contributed by atoms with Gasteiger partial charge in [0.25, 0.3) is 0 Å². The molecule has 0 bridgehead atoms. The highest BCUT2D eigenvalue weighted by atomic mass is 16.4. The van der Waals surface area contributed by atoms with Gasteiger partial charge in [-0.25, -0.2) is 0 Å². The predicted molar refractivity (Wildman–Crippen MR) is 47.1 cm³/mol. The van der Waals surface area contributed by atoms with Crippen LogP contribution in [0.2, 0.25) is 0 Å². The normalized spacial score (nSPS) is 21.6. The highest BCUT2D eigenvalue weighted by Gasteiger charge is 2.41. The predicted octanol–water partition coefficient (Wildman–Crippen LogP) is 1.38. The Morgan fingerprint density at radius 1 is 1.42 bits per heavy atom. The lowest BCUT2D eigenvalue weighted by Gasteiger charge is -2.27. The lowest BCUT2D eigenvalue weighted by molar-refractivity contribution is -0.145. The molecule has 2 N–H and O–H groups in total. The highest BCUT2D eigenvalue weighted by molar-refractivity contribution is 5.79. The van der Waals surface area contributed by atoms with Crippen LogP contribution in [0.4, 0.5) is 0 Å². The summed E-state index contributed by atoms with van der Waals surface area (Å²) in [5.74, 6) is -0.686. The van der Waals surface area contributed by atoms with Crippen LogP contribution in [0.1, 0.15) is 39.5 Å². The van der Waals surface area contributed by atoms with Crippen molar-refractivity contribution >= 4 is 5.97 Å². The molecular weight excluding hydrogens is 154 g/mol. The molecule has 1 fully saturated rings. The van der Waals surface area contributed by atoms with Crippen LogP contribution in [0.5, 0.6) is 0 Å². The molecule has 0 unspecified atom stereocenters. The van der Waals surface area contributed by atoms with E-state index in [1.54, 1.807) is 0 Å². The minimum absolute atomic E-state index is 0.249. The quantitative estimate of drug-likeness (QED) is 0.674. The van der Waals surface area contributed by atoms with Gasteiger partial charge in [0, 0.05) is 6.04 Å². The molecule has 0 aromatic rings. The van der Waals surface area contributed by atoms with Crippen LogP contribution in [-0.2, 0) is 4.79 Å². The number of rotatable bonds is 3. The van der Waals surface area contributed by atoms with Crippen LogP contribution in [0.25, 0.3) is 0 Å². The Morgan fingerprint density at radius 3 is 2.25 bits per heavy atom. The van der Waals surface area contributed by atoms with Gasteiger partial charge in [-0.3, -0.25) is 10.1 Å². The van der Waals surface area contributed by atoms with Crippen LogP contribution < -0.4 is 5.32 Å². The fourth-order valence-electron chi connectivity index (χ4n) is 1.95. The van der Waals surface area contributed by atoms with Gasteiger partial charge in [0.15, 0.2) is 0 Å². The summed E-state index contributed by atoms with van der Waals surface area (Å²) in [4.78, 5) is 11.0. The van der Waals surface area contributed by atoms with Crippen molar-refractivity contribution in [2.45, 2.75) is 51.1 Å². The molecule has 0 aliphatic heterocycles. The first-order chi connectivity index (χ1) is 5.57. The molecule has 0 aromatic heterocycles. The van der Waals surface area contributed by atoms with E-state index >= 15 is 0 Å². The zero-order chi connectivity index (χ0) is 9.19. The first kappa shape index (κ1) is 9.52. The summed E-state index contributed by atoms with van der Waals surface area (Å²) < 4.78 is 0. The summed E-state index contributed by atoms with van der Waals surface area (Å²) in [7, 11) is 0. The highest BCUT2D eigenvalue weighted by Crippen LogP contribution is 2.30. The van der Waals surface area contributed by atoms with E-state index in [2.05, 4.69) is 5.32 Å². The molecule has 1 saturated carbocycles. The molecular formula is C9H17NO2. The maximum atomic E-state index is 11.0. The van der Waals surface area contributed by atoms with Gasteiger partial charge in [-0.2, -0.15) is 0 Å². The van der Waals surface area contributed by atoms with E-state index in [1.807, 2.05) is 13.8 Å². The average molecular weight is 171 g/mol. The lowest BCUT2D eigenvalue weighted by Crippen LogP contribution is -2.52. The van der Waals surface area contributed by atoms with Crippen molar-refractivity contribution in [2.24, 2.45) is 0 Å². The third kappa shape index (κ3) is 1.78. The summed E-state index contributed by atoms with van der Waals surface area (Å²) >= 11 is 0. The van der Waals surface area contributed by atoms with Gasteiger partial charge in [-0.1, -0.05) is 12.8 Å². The lowest BCUT2D eigenvalue weighted by atomic mass is 9.97. The van der Waals surface area contributed by atoms with Gasteiger partial charge >= 0.3 is 5.97 Å². The van der Waals surface area contributed by atoms with E-state index < -0.39 is 11.5 Å². The van der Waals surface area contributed by atoms with Crippen molar-refractivity contribution in [3.63, 3.8) is 0 Å². The Kier molecular flexibility index (Phi) is 2.73. The topological polar surface area (TPSA) is 49.3 Å². The van der Waals surface area contributed by atoms with Gasteiger partial charge < -0.3 is 5.11 Å². The maximum absolute atomic E-state index is 11.0. The van der Waals surface area contributed by atoms with E-state index in [1.165, 1.54) is 0 Å². The molecule has 1 aliphatic carbocycles. The summed E-state index contributed by atoms with van der Waals surface area (Å²) in [6.07, 6.45) is 3.62. The maximum Gasteiger partial charge on any atom is 0.323 e. The first-order valence-electron chi connectivity index (χ1n) is 4.58. The number of carboxylic acids is 1. The van der Waals surface area contributed by atoms with Crippen LogP contribution in [0.3, 0.4) is 0 Å². The minimum Gasteiger partial charge on any atom is -0.480 e. The van der Waals surface area contributed by atoms with Crippen LogP contribution in [0.15, 0.2) is 0 Å². The van der Waals surface area contributed by atoms with Crippen molar-refractivity contribution in [1.29, 1.82) is 0 Å². The Labute approximate surface area is 73.2 Å². The van der Waals surface area contributed by atoms with Crippen molar-refractivity contribution < 1.29 is 9.90 Å². The molecule has 0 atom stereocenters. The van der Waals surface area contributed by atoms with Gasteiger partial charge in [0.05, 0.1) is 0 Å². The SMILES string of the molecule is CC(C)NC1(C(=O)O)CCCC1. The smallest absolute Gasteiger partial charge is 0.323 e. The molecule has 12 heavy (non-hydrogen) atoms. The summed E-state index contributed by atoms with van der Waals surface area (Å²) in [6, 6.07) is 0.249. The molecule has 3 heteroatoms. The molecule has 3 nitrogen and oxygen atoms in total. The van der Waals surface area contributed by atoms with Crippen molar-refractivity contribution in [3.8, 4) is 0 Å². The van der Waals surface area contributed by atoms with E-state index in [0.717, 1.165) is 25.7 Å². The van der Waals surface area contributed by atoms with E-state index in [0.29, 0.717) is 0 Å². The number of carbonyl (C=O) groups is 1. The first-order valence-corrected chi connectivity index (χ1v) is 4.58. The standard InChI is InChI=1S/C9H17NO2/c1-7(2)10-9(8(11)12)5-3-4-6-9/h7,10H,3-6H2,1-2H3,(H,11,12). The summed E-state index contributed by atoms with van der Waals surface area (Å²) in [6.45, 7) is 3.98. The fourth-order valence-corrected chi connectivity index (χ4v) is 1.95. The number of carboxylic acid groups (broad SMARTS) is 1. The molecule has 0 heterocycles. The van der Waals surface area contributed by atoms with Crippen LogP contribution in [-0.4, -0.2) is 22.7 Å². The number of hydrogen-bond donors (Lipinski definition) is 2. The Morgan fingerprint density at radius 2 is 1.92 bits per heavy atom. The van der Waals surface area contributed by atoms with Crippen molar-refractivity contribution in [3.05, 3.63) is 0 Å².